The Morgan fingerprint density at radius 3 is 2.58 bits per heavy atom. The Kier molecular flexibility index (Phi) is 4.86. The van der Waals surface area contributed by atoms with Gasteiger partial charge >= 0.3 is 0 Å². The van der Waals surface area contributed by atoms with E-state index >= 15 is 0 Å². The zero-order chi connectivity index (χ0) is 17.1. The van der Waals surface area contributed by atoms with Crippen molar-refractivity contribution in [3.05, 3.63) is 65.2 Å². The Morgan fingerprint density at radius 1 is 1.12 bits per heavy atom. The summed E-state index contributed by atoms with van der Waals surface area (Å²) in [5.41, 5.74) is 2.89. The average Bonchev–Trinajstić information content (AvgIpc) is 2.62. The van der Waals surface area contributed by atoms with E-state index in [4.69, 9.17) is 4.74 Å². The van der Waals surface area contributed by atoms with Crippen molar-refractivity contribution in [3.63, 3.8) is 0 Å². The van der Waals surface area contributed by atoms with Crippen molar-refractivity contribution < 1.29 is 9.53 Å². The number of amides is 1. The highest BCUT2D eigenvalue weighted by atomic mass is 16.5. The normalized spacial score (nSPS) is 18.5. The molecule has 0 radical (unpaired) electrons. The van der Waals surface area contributed by atoms with E-state index in [1.54, 1.807) is 7.11 Å². The third-order valence-electron chi connectivity index (χ3n) is 4.68. The SMILES string of the molecule is COc1cc(C(=O)N2CCN(C)C[C@H]2c2ccccc2)ccc1C. The summed E-state index contributed by atoms with van der Waals surface area (Å²) in [6, 6.07) is 16.0. The number of carbonyl (C=O) groups is 1. The zero-order valence-corrected chi connectivity index (χ0v) is 14.5. The fourth-order valence-corrected chi connectivity index (χ4v) is 3.24. The molecule has 0 unspecified atom stereocenters. The Bertz CT molecular complexity index is 715. The number of benzene rings is 2. The molecule has 2 aromatic rings. The number of likely N-dealkylation sites (N-methyl/N-ethyl adjacent to an activating group) is 1. The molecule has 1 aliphatic rings. The lowest BCUT2D eigenvalue weighted by Gasteiger charge is -2.40. The highest BCUT2D eigenvalue weighted by Gasteiger charge is 2.30. The molecule has 0 bridgehead atoms. The smallest absolute Gasteiger partial charge is 0.254 e. The van der Waals surface area contributed by atoms with Gasteiger partial charge in [-0.25, -0.2) is 0 Å². The molecule has 1 atom stereocenters. The van der Waals surface area contributed by atoms with Crippen LogP contribution in [0, 0.1) is 6.92 Å². The van der Waals surface area contributed by atoms with Crippen molar-refractivity contribution in [1.29, 1.82) is 0 Å². The topological polar surface area (TPSA) is 32.8 Å². The Hall–Kier alpha value is -2.33. The highest BCUT2D eigenvalue weighted by molar-refractivity contribution is 5.95. The second-order valence-electron chi connectivity index (χ2n) is 6.37. The maximum absolute atomic E-state index is 13.1. The van der Waals surface area contributed by atoms with Crippen molar-refractivity contribution >= 4 is 5.91 Å². The van der Waals surface area contributed by atoms with Crippen LogP contribution in [-0.4, -0.2) is 49.5 Å². The number of aryl methyl sites for hydroxylation is 1. The molecule has 0 spiro atoms. The number of hydrogen-bond acceptors (Lipinski definition) is 3. The van der Waals surface area contributed by atoms with Crippen molar-refractivity contribution in [3.8, 4) is 5.75 Å². The second-order valence-corrected chi connectivity index (χ2v) is 6.37. The van der Waals surface area contributed by atoms with E-state index < -0.39 is 0 Å². The molecule has 0 aliphatic carbocycles. The molecule has 0 aromatic heterocycles. The first kappa shape index (κ1) is 16.5. The molecule has 1 aliphatic heterocycles. The van der Waals surface area contributed by atoms with Gasteiger partial charge in [-0.05, 0) is 37.2 Å². The van der Waals surface area contributed by atoms with E-state index in [1.807, 2.05) is 48.2 Å². The van der Waals surface area contributed by atoms with E-state index in [0.29, 0.717) is 5.56 Å². The van der Waals surface area contributed by atoms with Crippen LogP contribution in [0.25, 0.3) is 0 Å². The molecule has 1 heterocycles. The number of methoxy groups -OCH3 is 1. The quantitative estimate of drug-likeness (QED) is 0.869. The molecule has 1 amide bonds. The number of nitrogens with zero attached hydrogens (tertiary/aromatic N) is 2. The Morgan fingerprint density at radius 2 is 1.88 bits per heavy atom. The van der Waals surface area contributed by atoms with Crippen molar-refractivity contribution in [1.82, 2.24) is 9.80 Å². The van der Waals surface area contributed by atoms with E-state index in [0.717, 1.165) is 30.9 Å². The molecule has 0 saturated carbocycles. The summed E-state index contributed by atoms with van der Waals surface area (Å²) < 4.78 is 5.37. The van der Waals surface area contributed by atoms with Crippen LogP contribution in [0.1, 0.15) is 27.5 Å². The summed E-state index contributed by atoms with van der Waals surface area (Å²) in [6.07, 6.45) is 0. The first-order valence-electron chi connectivity index (χ1n) is 8.29. The van der Waals surface area contributed by atoms with Crippen molar-refractivity contribution in [2.24, 2.45) is 0 Å². The van der Waals surface area contributed by atoms with Crippen LogP contribution < -0.4 is 4.74 Å². The number of rotatable bonds is 3. The predicted molar refractivity (Wildman–Crippen MR) is 95.4 cm³/mol. The van der Waals surface area contributed by atoms with Gasteiger partial charge in [-0.15, -0.1) is 0 Å². The maximum atomic E-state index is 13.1. The van der Waals surface area contributed by atoms with Gasteiger partial charge in [0.2, 0.25) is 0 Å². The molecule has 4 heteroatoms. The largest absolute Gasteiger partial charge is 0.496 e. The monoisotopic (exact) mass is 324 g/mol. The summed E-state index contributed by atoms with van der Waals surface area (Å²) in [5.74, 6) is 0.821. The summed E-state index contributed by atoms with van der Waals surface area (Å²) in [5, 5.41) is 0. The van der Waals surface area contributed by atoms with Gasteiger partial charge in [0.15, 0.2) is 0 Å². The van der Waals surface area contributed by atoms with Crippen LogP contribution >= 0.6 is 0 Å². The van der Waals surface area contributed by atoms with Crippen LogP contribution in [-0.2, 0) is 0 Å². The second kappa shape index (κ2) is 7.05. The molecule has 4 nitrogen and oxygen atoms in total. The minimum Gasteiger partial charge on any atom is -0.496 e. The fourth-order valence-electron chi connectivity index (χ4n) is 3.24. The summed E-state index contributed by atoms with van der Waals surface area (Å²) in [4.78, 5) is 17.4. The fraction of sp³-hybridized carbons (Fsp3) is 0.350. The van der Waals surface area contributed by atoms with Gasteiger partial charge in [-0.2, -0.15) is 0 Å². The van der Waals surface area contributed by atoms with Gasteiger partial charge in [0.1, 0.15) is 5.75 Å². The molecule has 0 N–H and O–H groups in total. The first-order valence-corrected chi connectivity index (χ1v) is 8.29. The third kappa shape index (κ3) is 3.29. The lowest BCUT2D eigenvalue weighted by molar-refractivity contribution is 0.0497. The average molecular weight is 324 g/mol. The van der Waals surface area contributed by atoms with Crippen molar-refractivity contribution in [2.45, 2.75) is 13.0 Å². The predicted octanol–water partition coefficient (Wildman–Crippen LogP) is 3.13. The van der Waals surface area contributed by atoms with Crippen LogP contribution in [0.5, 0.6) is 5.75 Å². The van der Waals surface area contributed by atoms with Crippen LogP contribution in [0.15, 0.2) is 48.5 Å². The number of hydrogen-bond donors (Lipinski definition) is 0. The van der Waals surface area contributed by atoms with E-state index in [9.17, 15) is 4.79 Å². The van der Waals surface area contributed by atoms with Gasteiger partial charge in [0.25, 0.3) is 5.91 Å². The first-order chi connectivity index (χ1) is 11.6. The minimum atomic E-state index is 0.0650. The Balaban J connectivity index is 1.91. The Labute approximate surface area is 143 Å². The molecule has 126 valence electrons. The van der Waals surface area contributed by atoms with Crippen LogP contribution in [0.3, 0.4) is 0 Å². The van der Waals surface area contributed by atoms with Gasteiger partial charge in [0.05, 0.1) is 13.2 Å². The number of carbonyl (C=O) groups excluding carboxylic acids is 1. The number of ether oxygens (including phenoxy) is 1. The summed E-state index contributed by atoms with van der Waals surface area (Å²) >= 11 is 0. The molecule has 1 saturated heterocycles. The standard InChI is InChI=1S/C20H24N2O2/c1-15-9-10-17(13-19(15)24-3)20(23)22-12-11-21(2)14-18(22)16-7-5-4-6-8-16/h4-10,13,18H,11-12,14H2,1-3H3/t18-/m0/s1. The molecule has 3 rings (SSSR count). The minimum absolute atomic E-state index is 0.0650. The van der Waals surface area contributed by atoms with Gasteiger partial charge in [-0.3, -0.25) is 4.79 Å². The number of piperazine rings is 1. The van der Waals surface area contributed by atoms with Gasteiger partial charge in [0, 0.05) is 25.2 Å². The highest BCUT2D eigenvalue weighted by Crippen LogP contribution is 2.28. The lowest BCUT2D eigenvalue weighted by Crippen LogP contribution is -2.49. The van der Waals surface area contributed by atoms with Gasteiger partial charge in [-0.1, -0.05) is 36.4 Å². The summed E-state index contributed by atoms with van der Waals surface area (Å²) in [7, 11) is 3.74. The molecular weight excluding hydrogens is 300 g/mol. The van der Waals surface area contributed by atoms with Crippen LogP contribution in [0.2, 0.25) is 0 Å². The van der Waals surface area contributed by atoms with Gasteiger partial charge < -0.3 is 14.5 Å². The lowest BCUT2D eigenvalue weighted by atomic mass is 10.0. The van der Waals surface area contributed by atoms with E-state index in [1.165, 1.54) is 5.56 Å². The van der Waals surface area contributed by atoms with E-state index in [-0.39, 0.29) is 11.9 Å². The molecular formula is C20H24N2O2. The third-order valence-corrected chi connectivity index (χ3v) is 4.68. The zero-order valence-electron chi connectivity index (χ0n) is 14.5. The summed E-state index contributed by atoms with van der Waals surface area (Å²) in [6.45, 7) is 4.44. The maximum Gasteiger partial charge on any atom is 0.254 e. The van der Waals surface area contributed by atoms with Crippen LogP contribution in [0.4, 0.5) is 0 Å². The molecule has 1 fully saturated rings. The van der Waals surface area contributed by atoms with Crippen molar-refractivity contribution in [2.75, 3.05) is 33.8 Å². The molecule has 24 heavy (non-hydrogen) atoms. The van der Waals surface area contributed by atoms with E-state index in [2.05, 4.69) is 24.1 Å². The molecule has 2 aromatic carbocycles.